The zero-order valence-electron chi connectivity index (χ0n) is 28.9. The van der Waals surface area contributed by atoms with E-state index in [1.54, 1.807) is 0 Å². The molecule has 0 fully saturated rings. The highest BCUT2D eigenvalue weighted by atomic mass is 14.2. The normalized spacial score (nSPS) is 12.8. The van der Waals surface area contributed by atoms with Crippen LogP contribution in [0.2, 0.25) is 0 Å². The molecule has 0 aromatic heterocycles. The Bertz CT molecular complexity index is 2450. The Morgan fingerprint density at radius 3 is 1.18 bits per heavy atom. The van der Waals surface area contributed by atoms with E-state index in [1.165, 1.54) is 11.1 Å². The highest BCUT2D eigenvalue weighted by molar-refractivity contribution is 6.21. The number of hydrogen-bond donors (Lipinski definition) is 0. The fourth-order valence-corrected chi connectivity index (χ4v) is 6.30. The summed E-state index contributed by atoms with van der Waals surface area (Å²) < 4.78 is 42.6. The minimum atomic E-state index is -0.394. The molecule has 0 atom stereocenters. The summed E-state index contributed by atoms with van der Waals surface area (Å²) in [5.41, 5.74) is 9.80. The Labute approximate surface area is 265 Å². The van der Waals surface area contributed by atoms with Crippen molar-refractivity contribution in [3.05, 3.63) is 182 Å². The zero-order chi connectivity index (χ0) is 33.6. The quantitative estimate of drug-likeness (QED) is 0.183. The first-order chi connectivity index (χ1) is 23.9. The summed E-state index contributed by atoms with van der Waals surface area (Å²) in [6.45, 7) is 0. The van der Waals surface area contributed by atoms with Gasteiger partial charge in [-0.3, -0.25) is 0 Å². The minimum Gasteiger partial charge on any atom is -0.0622 e. The lowest BCUT2D eigenvalue weighted by atomic mass is 9.85. The van der Waals surface area contributed by atoms with Crippen LogP contribution in [0.25, 0.3) is 77.2 Å². The Balaban J connectivity index is 1.28. The first-order valence-corrected chi connectivity index (χ1v) is 14.8. The summed E-state index contributed by atoms with van der Waals surface area (Å²) >= 11 is 0. The van der Waals surface area contributed by atoms with Crippen LogP contribution in [0.1, 0.15) is 6.85 Å². The van der Waals surface area contributed by atoms with Gasteiger partial charge in [-0.2, -0.15) is 0 Å². The monoisotopic (exact) mass is 563 g/mol. The summed E-state index contributed by atoms with van der Waals surface area (Å²) in [4.78, 5) is 0. The van der Waals surface area contributed by atoms with Crippen molar-refractivity contribution in [1.82, 2.24) is 0 Å². The van der Waals surface area contributed by atoms with E-state index in [4.69, 9.17) is 6.85 Å². The van der Waals surface area contributed by atoms with Crippen molar-refractivity contribution >= 4 is 21.5 Å². The molecule has 0 nitrogen and oxygen atoms in total. The van der Waals surface area contributed by atoms with Gasteiger partial charge in [0, 0.05) is 0 Å². The van der Waals surface area contributed by atoms with E-state index < -0.39 is 6.04 Å². The Morgan fingerprint density at radius 1 is 0.273 bits per heavy atom. The molecule has 44 heavy (non-hydrogen) atoms. The third-order valence-electron chi connectivity index (χ3n) is 8.35. The van der Waals surface area contributed by atoms with Crippen molar-refractivity contribution in [2.45, 2.75) is 0 Å². The van der Waals surface area contributed by atoms with Gasteiger partial charge in [0.25, 0.3) is 0 Å². The Morgan fingerprint density at radius 2 is 0.636 bits per heavy atom. The third-order valence-corrected chi connectivity index (χ3v) is 8.35. The number of fused-ring (bicyclic) bond motifs is 2. The molecular weight excluding hydrogens is 528 g/mol. The second-order valence-corrected chi connectivity index (χ2v) is 10.9. The van der Waals surface area contributed by atoms with E-state index in [0.717, 1.165) is 54.9 Å². The molecule has 0 aliphatic rings. The van der Waals surface area contributed by atoms with Crippen LogP contribution in [-0.4, -0.2) is 0 Å². The number of rotatable bonds is 5. The molecule has 206 valence electrons. The van der Waals surface area contributed by atoms with Crippen LogP contribution in [0.15, 0.2) is 182 Å². The van der Waals surface area contributed by atoms with Gasteiger partial charge in [0.1, 0.15) is 0 Å². The summed E-state index contributed by atoms with van der Waals surface area (Å²) in [6.07, 6.45) is 0. The van der Waals surface area contributed by atoms with Crippen molar-refractivity contribution in [3.63, 3.8) is 0 Å². The molecule has 0 heteroatoms. The molecule has 0 amide bonds. The lowest BCUT2D eigenvalue weighted by Crippen LogP contribution is -1.91. The molecule has 0 aliphatic carbocycles. The van der Waals surface area contributed by atoms with Crippen LogP contribution in [0.4, 0.5) is 0 Å². The molecule has 8 rings (SSSR count). The zero-order valence-corrected chi connectivity index (χ0v) is 23.9. The lowest BCUT2D eigenvalue weighted by molar-refractivity contribution is 1.57. The molecule has 0 radical (unpaired) electrons. The Hall–Kier alpha value is -5.72. The second kappa shape index (κ2) is 11.2. The van der Waals surface area contributed by atoms with Gasteiger partial charge >= 0.3 is 0 Å². The Kier molecular flexibility index (Phi) is 5.34. The predicted octanol–water partition coefficient (Wildman–Crippen LogP) is 12.3. The molecule has 0 heterocycles. The summed E-state index contributed by atoms with van der Waals surface area (Å²) in [6, 6.07) is 50.7. The molecule has 0 N–H and O–H groups in total. The van der Waals surface area contributed by atoms with Gasteiger partial charge in [0.2, 0.25) is 0 Å². The summed E-state index contributed by atoms with van der Waals surface area (Å²) in [5, 5.41) is 3.57. The highest BCUT2D eigenvalue weighted by Crippen LogP contribution is 2.44. The minimum absolute atomic E-state index is 0.203. The molecule has 0 aliphatic heterocycles. The van der Waals surface area contributed by atoms with E-state index in [2.05, 4.69) is 109 Å². The van der Waals surface area contributed by atoms with Crippen LogP contribution in [-0.2, 0) is 0 Å². The van der Waals surface area contributed by atoms with E-state index in [0.29, 0.717) is 5.56 Å². The first kappa shape index (κ1) is 21.0. The van der Waals surface area contributed by atoms with E-state index >= 15 is 0 Å². The van der Waals surface area contributed by atoms with Gasteiger partial charge in [-0.25, -0.2) is 0 Å². The van der Waals surface area contributed by atoms with Crippen LogP contribution in [0.3, 0.4) is 0 Å². The van der Waals surface area contributed by atoms with Crippen molar-refractivity contribution < 1.29 is 6.85 Å². The van der Waals surface area contributed by atoms with E-state index in [9.17, 15) is 0 Å². The average Bonchev–Trinajstić information content (AvgIpc) is 3.16. The van der Waals surface area contributed by atoms with Gasteiger partial charge in [-0.15, -0.1) is 0 Å². The fraction of sp³-hybridized carbons (Fsp3) is 0. The molecule has 0 saturated heterocycles. The average molecular weight is 564 g/mol. The molecular formula is C44H30. The smallest absolute Gasteiger partial charge is 0.0622 e. The lowest BCUT2D eigenvalue weighted by Gasteiger charge is -2.18. The van der Waals surface area contributed by atoms with Crippen molar-refractivity contribution in [2.24, 2.45) is 0 Å². The second-order valence-electron chi connectivity index (χ2n) is 10.9. The van der Waals surface area contributed by atoms with Gasteiger partial charge < -0.3 is 0 Å². The third kappa shape index (κ3) is 4.68. The van der Waals surface area contributed by atoms with Crippen LogP contribution in [0.5, 0.6) is 0 Å². The van der Waals surface area contributed by atoms with Gasteiger partial charge in [-0.1, -0.05) is 170 Å². The topological polar surface area (TPSA) is 0 Å². The van der Waals surface area contributed by atoms with Gasteiger partial charge in [-0.05, 0) is 89.3 Å². The maximum absolute atomic E-state index is 8.82. The maximum Gasteiger partial charge on any atom is 0.0629 e. The number of benzene rings is 8. The molecule has 8 aromatic rings. The molecule has 0 spiro atoms. The molecule has 0 bridgehead atoms. The van der Waals surface area contributed by atoms with Crippen LogP contribution < -0.4 is 0 Å². The van der Waals surface area contributed by atoms with Crippen LogP contribution >= 0.6 is 0 Å². The summed E-state index contributed by atoms with van der Waals surface area (Å²) in [5.74, 6) is 0. The fourth-order valence-electron chi connectivity index (χ4n) is 6.30. The van der Waals surface area contributed by atoms with Crippen molar-refractivity contribution in [1.29, 1.82) is 0 Å². The van der Waals surface area contributed by atoms with E-state index in [-0.39, 0.29) is 29.7 Å². The summed E-state index contributed by atoms with van der Waals surface area (Å²) in [7, 11) is 0. The predicted molar refractivity (Wildman–Crippen MR) is 189 cm³/mol. The number of hydrogen-bond acceptors (Lipinski definition) is 0. The standard InChI is InChI=1S/C44H30/c1-3-13-31(14-4-1)32-25-27-33(28-26-32)35-17-11-18-36(29-35)37-19-12-20-38(30-37)44-41-23-9-7-21-39(41)43(34-15-5-2-6-16-34)40-22-8-10-24-42(40)44/h1-30H/i2D,5D,6D,15D,16D. The largest absolute Gasteiger partial charge is 0.0629 e. The van der Waals surface area contributed by atoms with Crippen LogP contribution in [0, 0.1) is 0 Å². The van der Waals surface area contributed by atoms with Gasteiger partial charge in [0.05, 0.1) is 6.85 Å². The van der Waals surface area contributed by atoms with Crippen molar-refractivity contribution in [3.8, 4) is 55.6 Å². The van der Waals surface area contributed by atoms with Gasteiger partial charge in [0.15, 0.2) is 0 Å². The molecule has 0 unspecified atom stereocenters. The highest BCUT2D eigenvalue weighted by Gasteiger charge is 2.16. The maximum atomic E-state index is 8.82. The molecule has 8 aromatic carbocycles. The first-order valence-electron chi connectivity index (χ1n) is 17.3. The molecule has 0 saturated carbocycles. The van der Waals surface area contributed by atoms with E-state index in [1.807, 2.05) is 42.5 Å². The van der Waals surface area contributed by atoms with Crippen molar-refractivity contribution in [2.75, 3.05) is 0 Å². The SMILES string of the molecule is [2H]c1c([2H])c([2H])c(-c2c3ccccc3c(-c3cccc(-c4cccc(-c5ccc(-c6ccccc6)cc5)c4)c3)c3ccccc23)c([2H])c1[2H].